The molecule has 1 aromatic carbocycles. The van der Waals surface area contributed by atoms with E-state index in [4.69, 9.17) is 16.3 Å². The predicted octanol–water partition coefficient (Wildman–Crippen LogP) is 2.70. The van der Waals surface area contributed by atoms with Crippen LogP contribution in [0.2, 0.25) is 5.02 Å². The Morgan fingerprint density at radius 1 is 1.23 bits per heavy atom. The van der Waals surface area contributed by atoms with E-state index in [1.807, 2.05) is 36.9 Å². The molecule has 0 N–H and O–H groups in total. The fourth-order valence-electron chi connectivity index (χ4n) is 3.16. The van der Waals surface area contributed by atoms with Crippen LogP contribution >= 0.6 is 11.6 Å². The molecule has 1 aliphatic heterocycles. The summed E-state index contributed by atoms with van der Waals surface area (Å²) in [6.45, 7) is 9.33. The Hall–Kier alpha value is -2.05. The van der Waals surface area contributed by atoms with Gasteiger partial charge in [0.2, 0.25) is 0 Å². The Bertz CT molecular complexity index is 754. The number of hydrogen-bond donors (Lipinski definition) is 0. The fraction of sp³-hybridized carbons (Fsp3) is 0.474. The first kappa shape index (κ1) is 18.7. The molecule has 0 atom stereocenters. The van der Waals surface area contributed by atoms with E-state index in [9.17, 15) is 4.79 Å². The van der Waals surface area contributed by atoms with Gasteiger partial charge >= 0.3 is 0 Å². The van der Waals surface area contributed by atoms with Crippen molar-refractivity contribution >= 4 is 17.5 Å². The maximum absolute atomic E-state index is 12.6. The lowest BCUT2D eigenvalue weighted by molar-refractivity contribution is 0.0608. The summed E-state index contributed by atoms with van der Waals surface area (Å²) in [5.41, 5.74) is 1.71. The molecule has 7 heteroatoms. The van der Waals surface area contributed by atoms with Gasteiger partial charge in [0.1, 0.15) is 18.1 Å². The van der Waals surface area contributed by atoms with Gasteiger partial charge in [-0.25, -0.2) is 0 Å². The molecular weight excluding hydrogens is 352 g/mol. The second-order valence-electron chi connectivity index (χ2n) is 6.42. The summed E-state index contributed by atoms with van der Waals surface area (Å²) in [5, 5.41) is 4.90. The van der Waals surface area contributed by atoms with Gasteiger partial charge in [0, 0.05) is 50.5 Å². The molecule has 0 bridgehead atoms. The standard InChI is InChI=1S/C19H25ClN4O2/c1-3-24-17(6-7-21-24)19(25)23-10-8-22(9-11-23)12-13-26-18-5-4-16(20)14-15(18)2/h4-7,14H,3,8-13H2,1-2H3. The first-order valence-electron chi connectivity index (χ1n) is 9.01. The highest BCUT2D eigenvalue weighted by molar-refractivity contribution is 6.30. The molecule has 2 aromatic rings. The van der Waals surface area contributed by atoms with Crippen molar-refractivity contribution in [2.24, 2.45) is 0 Å². The lowest BCUT2D eigenvalue weighted by Gasteiger charge is -2.34. The number of nitrogens with zero attached hydrogens (tertiary/aromatic N) is 4. The molecule has 0 aliphatic carbocycles. The third-order valence-electron chi connectivity index (χ3n) is 4.70. The van der Waals surface area contributed by atoms with Crippen LogP contribution in [0.1, 0.15) is 23.0 Å². The quantitative estimate of drug-likeness (QED) is 0.777. The number of aromatic nitrogens is 2. The van der Waals surface area contributed by atoms with Crippen LogP contribution < -0.4 is 4.74 Å². The zero-order chi connectivity index (χ0) is 18.5. The predicted molar refractivity (Wildman–Crippen MR) is 102 cm³/mol. The van der Waals surface area contributed by atoms with Crippen LogP contribution in [-0.2, 0) is 6.54 Å². The van der Waals surface area contributed by atoms with Crippen molar-refractivity contribution in [1.82, 2.24) is 19.6 Å². The molecule has 1 amide bonds. The number of rotatable bonds is 6. The van der Waals surface area contributed by atoms with Crippen LogP contribution in [0.15, 0.2) is 30.5 Å². The first-order valence-corrected chi connectivity index (χ1v) is 9.38. The van der Waals surface area contributed by atoms with Gasteiger partial charge in [0.05, 0.1) is 0 Å². The van der Waals surface area contributed by atoms with Gasteiger partial charge in [-0.15, -0.1) is 0 Å². The van der Waals surface area contributed by atoms with E-state index in [0.717, 1.165) is 49.1 Å². The summed E-state index contributed by atoms with van der Waals surface area (Å²) < 4.78 is 7.61. The van der Waals surface area contributed by atoms with Gasteiger partial charge in [0.25, 0.3) is 5.91 Å². The molecule has 140 valence electrons. The minimum absolute atomic E-state index is 0.0667. The Morgan fingerprint density at radius 2 is 2.00 bits per heavy atom. The molecule has 0 spiro atoms. The number of ether oxygens (including phenoxy) is 1. The number of halogens is 1. The number of aryl methyl sites for hydroxylation is 2. The van der Waals surface area contributed by atoms with Crippen molar-refractivity contribution in [3.63, 3.8) is 0 Å². The average Bonchev–Trinajstić information content (AvgIpc) is 3.12. The number of carbonyl (C=O) groups is 1. The minimum Gasteiger partial charge on any atom is -0.492 e. The third-order valence-corrected chi connectivity index (χ3v) is 4.93. The molecule has 0 unspecified atom stereocenters. The average molecular weight is 377 g/mol. The van der Waals surface area contributed by atoms with E-state index in [0.29, 0.717) is 18.8 Å². The Labute approximate surface area is 159 Å². The number of carbonyl (C=O) groups excluding carboxylic acids is 1. The summed E-state index contributed by atoms with van der Waals surface area (Å²) in [4.78, 5) is 16.9. The SMILES string of the molecule is CCn1nccc1C(=O)N1CCN(CCOc2ccc(Cl)cc2C)CC1. The molecule has 1 saturated heterocycles. The molecule has 2 heterocycles. The Kier molecular flexibility index (Phi) is 6.16. The molecule has 1 aliphatic rings. The highest BCUT2D eigenvalue weighted by atomic mass is 35.5. The van der Waals surface area contributed by atoms with E-state index >= 15 is 0 Å². The molecule has 1 fully saturated rings. The van der Waals surface area contributed by atoms with Gasteiger partial charge in [-0.05, 0) is 43.7 Å². The third kappa shape index (κ3) is 4.37. The van der Waals surface area contributed by atoms with Crippen molar-refractivity contribution < 1.29 is 9.53 Å². The second kappa shape index (κ2) is 8.56. The number of piperazine rings is 1. The molecule has 6 nitrogen and oxygen atoms in total. The zero-order valence-electron chi connectivity index (χ0n) is 15.3. The van der Waals surface area contributed by atoms with E-state index in [1.165, 1.54) is 0 Å². The normalized spacial score (nSPS) is 15.3. The Balaban J connectivity index is 1.44. The summed E-state index contributed by atoms with van der Waals surface area (Å²) in [6, 6.07) is 7.45. The fourth-order valence-corrected chi connectivity index (χ4v) is 3.39. The van der Waals surface area contributed by atoms with E-state index in [2.05, 4.69) is 10.00 Å². The number of amides is 1. The maximum Gasteiger partial charge on any atom is 0.272 e. The van der Waals surface area contributed by atoms with Crippen LogP contribution in [-0.4, -0.2) is 64.8 Å². The molecule has 1 aromatic heterocycles. The molecule has 26 heavy (non-hydrogen) atoms. The van der Waals surface area contributed by atoms with Crippen LogP contribution in [0.5, 0.6) is 5.75 Å². The smallest absolute Gasteiger partial charge is 0.272 e. The second-order valence-corrected chi connectivity index (χ2v) is 6.86. The van der Waals surface area contributed by atoms with Crippen LogP contribution in [0, 0.1) is 6.92 Å². The number of hydrogen-bond acceptors (Lipinski definition) is 4. The summed E-state index contributed by atoms with van der Waals surface area (Å²) in [5.74, 6) is 0.938. The molecule has 0 saturated carbocycles. The zero-order valence-corrected chi connectivity index (χ0v) is 16.1. The van der Waals surface area contributed by atoms with Gasteiger partial charge < -0.3 is 9.64 Å². The van der Waals surface area contributed by atoms with Gasteiger partial charge in [-0.3, -0.25) is 14.4 Å². The molecular formula is C19H25ClN4O2. The van der Waals surface area contributed by atoms with Crippen LogP contribution in [0.4, 0.5) is 0 Å². The molecule has 3 rings (SSSR count). The lowest BCUT2D eigenvalue weighted by atomic mass is 10.2. The lowest BCUT2D eigenvalue weighted by Crippen LogP contribution is -2.49. The molecule has 0 radical (unpaired) electrons. The minimum atomic E-state index is 0.0667. The maximum atomic E-state index is 12.6. The topological polar surface area (TPSA) is 50.6 Å². The largest absolute Gasteiger partial charge is 0.492 e. The van der Waals surface area contributed by atoms with Gasteiger partial charge in [-0.2, -0.15) is 5.10 Å². The highest BCUT2D eigenvalue weighted by Gasteiger charge is 2.24. The monoisotopic (exact) mass is 376 g/mol. The highest BCUT2D eigenvalue weighted by Crippen LogP contribution is 2.21. The van der Waals surface area contributed by atoms with Crippen molar-refractivity contribution in [1.29, 1.82) is 0 Å². The Morgan fingerprint density at radius 3 is 2.69 bits per heavy atom. The van der Waals surface area contributed by atoms with E-state index in [1.54, 1.807) is 16.9 Å². The van der Waals surface area contributed by atoms with E-state index < -0.39 is 0 Å². The first-order chi connectivity index (χ1) is 12.6. The van der Waals surface area contributed by atoms with Crippen molar-refractivity contribution in [3.8, 4) is 5.75 Å². The van der Waals surface area contributed by atoms with Crippen LogP contribution in [0.25, 0.3) is 0 Å². The van der Waals surface area contributed by atoms with Crippen molar-refractivity contribution in [2.45, 2.75) is 20.4 Å². The summed E-state index contributed by atoms with van der Waals surface area (Å²) in [6.07, 6.45) is 1.68. The number of benzene rings is 1. The summed E-state index contributed by atoms with van der Waals surface area (Å²) in [7, 11) is 0. The van der Waals surface area contributed by atoms with Gasteiger partial charge in [0.15, 0.2) is 0 Å². The van der Waals surface area contributed by atoms with Crippen molar-refractivity contribution in [3.05, 3.63) is 46.7 Å². The van der Waals surface area contributed by atoms with E-state index in [-0.39, 0.29) is 5.91 Å². The van der Waals surface area contributed by atoms with Gasteiger partial charge in [-0.1, -0.05) is 11.6 Å². The summed E-state index contributed by atoms with van der Waals surface area (Å²) >= 11 is 5.97. The van der Waals surface area contributed by atoms with Crippen LogP contribution in [0.3, 0.4) is 0 Å². The van der Waals surface area contributed by atoms with Crippen molar-refractivity contribution in [2.75, 3.05) is 39.3 Å².